The molecule has 1 N–H and O–H groups in total. The first kappa shape index (κ1) is 19.5. The van der Waals surface area contributed by atoms with Crippen molar-refractivity contribution in [3.63, 3.8) is 0 Å². The molecular weight excluding hydrogens is 360 g/mol. The number of phenols is 1. The molecule has 1 amide bonds. The van der Waals surface area contributed by atoms with Gasteiger partial charge in [0.25, 0.3) is 5.91 Å². The van der Waals surface area contributed by atoms with E-state index in [0.717, 1.165) is 17.0 Å². The molecule has 2 aromatic carbocycles. The Hall–Kier alpha value is -3.22. The number of carbonyl (C=O) groups excluding carboxylic acids is 2. The highest BCUT2D eigenvalue weighted by atomic mass is 16.5. The lowest BCUT2D eigenvalue weighted by Gasteiger charge is -2.36. The molecule has 28 heavy (non-hydrogen) atoms. The van der Waals surface area contributed by atoms with Crippen LogP contribution in [0.25, 0.3) is 0 Å². The van der Waals surface area contributed by atoms with Crippen LogP contribution < -0.4 is 9.64 Å². The molecule has 1 saturated heterocycles. The fourth-order valence-electron chi connectivity index (χ4n) is 3.20. The molecule has 0 spiro atoms. The third-order valence-electron chi connectivity index (χ3n) is 4.76. The van der Waals surface area contributed by atoms with Crippen LogP contribution in [0.3, 0.4) is 0 Å². The third kappa shape index (κ3) is 4.36. The van der Waals surface area contributed by atoms with Crippen molar-refractivity contribution >= 4 is 17.6 Å². The van der Waals surface area contributed by atoms with Gasteiger partial charge in [0.15, 0.2) is 6.61 Å². The van der Waals surface area contributed by atoms with E-state index in [1.165, 1.54) is 12.1 Å². The fraction of sp³-hybridized carbons (Fsp3) is 0.333. The van der Waals surface area contributed by atoms with Gasteiger partial charge in [-0.2, -0.15) is 0 Å². The lowest BCUT2D eigenvalue weighted by atomic mass is 10.1. The Morgan fingerprint density at radius 3 is 2.46 bits per heavy atom. The number of rotatable bonds is 5. The van der Waals surface area contributed by atoms with Gasteiger partial charge >= 0.3 is 5.97 Å². The summed E-state index contributed by atoms with van der Waals surface area (Å²) < 4.78 is 10.5. The number of para-hydroxylation sites is 2. The summed E-state index contributed by atoms with van der Waals surface area (Å²) in [7, 11) is 1.64. The summed E-state index contributed by atoms with van der Waals surface area (Å²) in [6.45, 7) is 3.86. The average Bonchev–Trinajstić information content (AvgIpc) is 2.72. The number of aryl methyl sites for hydroxylation is 1. The molecule has 0 bridgehead atoms. The number of phenolic OH excluding ortho intramolecular Hbond substituents is 1. The van der Waals surface area contributed by atoms with Crippen LogP contribution in [0, 0.1) is 6.92 Å². The smallest absolute Gasteiger partial charge is 0.342 e. The van der Waals surface area contributed by atoms with E-state index >= 15 is 0 Å². The molecule has 2 aromatic rings. The molecule has 1 fully saturated rings. The van der Waals surface area contributed by atoms with Crippen LogP contribution in [0.5, 0.6) is 11.5 Å². The van der Waals surface area contributed by atoms with E-state index in [4.69, 9.17) is 9.47 Å². The summed E-state index contributed by atoms with van der Waals surface area (Å²) in [4.78, 5) is 28.3. The van der Waals surface area contributed by atoms with Crippen LogP contribution in [-0.2, 0) is 9.53 Å². The minimum Gasteiger partial charge on any atom is -0.507 e. The quantitative estimate of drug-likeness (QED) is 0.797. The number of aromatic hydroxyl groups is 1. The zero-order chi connectivity index (χ0) is 20.1. The monoisotopic (exact) mass is 384 g/mol. The maximum absolute atomic E-state index is 12.4. The van der Waals surface area contributed by atoms with Gasteiger partial charge in [0.2, 0.25) is 0 Å². The zero-order valence-electron chi connectivity index (χ0n) is 16.1. The van der Waals surface area contributed by atoms with Gasteiger partial charge in [-0.25, -0.2) is 4.79 Å². The van der Waals surface area contributed by atoms with E-state index in [0.29, 0.717) is 26.2 Å². The Bertz CT molecular complexity index is 860. The predicted octanol–water partition coefficient (Wildman–Crippen LogP) is 2.21. The number of nitrogens with zero attached hydrogens (tertiary/aromatic N) is 2. The highest BCUT2D eigenvalue weighted by Crippen LogP contribution is 2.28. The van der Waals surface area contributed by atoms with Crippen molar-refractivity contribution in [2.45, 2.75) is 6.92 Å². The van der Waals surface area contributed by atoms with Crippen molar-refractivity contribution in [3.8, 4) is 11.5 Å². The Balaban J connectivity index is 1.52. The van der Waals surface area contributed by atoms with Gasteiger partial charge in [-0.15, -0.1) is 0 Å². The van der Waals surface area contributed by atoms with E-state index in [1.54, 1.807) is 18.1 Å². The van der Waals surface area contributed by atoms with Gasteiger partial charge in [0.1, 0.15) is 17.1 Å². The SMILES string of the molecule is COc1ccccc1N1CCN(C(=O)COC(=O)c2ccc(C)cc2O)CC1. The Morgan fingerprint density at radius 2 is 1.79 bits per heavy atom. The molecule has 1 aliphatic heterocycles. The second kappa shape index (κ2) is 8.65. The lowest BCUT2D eigenvalue weighted by Crippen LogP contribution is -2.50. The number of methoxy groups -OCH3 is 1. The fourth-order valence-corrected chi connectivity index (χ4v) is 3.20. The van der Waals surface area contributed by atoms with E-state index < -0.39 is 5.97 Å². The van der Waals surface area contributed by atoms with Crippen molar-refractivity contribution in [2.24, 2.45) is 0 Å². The summed E-state index contributed by atoms with van der Waals surface area (Å²) in [6.07, 6.45) is 0. The first-order valence-electron chi connectivity index (χ1n) is 9.12. The molecule has 0 saturated carbocycles. The number of hydrogen-bond acceptors (Lipinski definition) is 6. The van der Waals surface area contributed by atoms with E-state index in [1.807, 2.05) is 31.2 Å². The van der Waals surface area contributed by atoms with Gasteiger partial charge in [0.05, 0.1) is 12.8 Å². The molecule has 0 aliphatic carbocycles. The molecule has 7 heteroatoms. The zero-order valence-corrected chi connectivity index (χ0v) is 16.1. The Morgan fingerprint density at radius 1 is 1.07 bits per heavy atom. The summed E-state index contributed by atoms with van der Waals surface area (Å²) >= 11 is 0. The largest absolute Gasteiger partial charge is 0.507 e. The van der Waals surface area contributed by atoms with Gasteiger partial charge in [0, 0.05) is 26.2 Å². The molecule has 0 atom stereocenters. The van der Waals surface area contributed by atoms with Gasteiger partial charge in [-0.05, 0) is 36.8 Å². The number of anilines is 1. The number of esters is 1. The van der Waals surface area contributed by atoms with Gasteiger partial charge in [-0.3, -0.25) is 4.79 Å². The first-order chi connectivity index (χ1) is 13.5. The van der Waals surface area contributed by atoms with Crippen LogP contribution in [0.15, 0.2) is 42.5 Å². The van der Waals surface area contributed by atoms with Crippen LogP contribution in [0.4, 0.5) is 5.69 Å². The number of piperazine rings is 1. The third-order valence-corrected chi connectivity index (χ3v) is 4.76. The normalized spacial score (nSPS) is 13.9. The van der Waals surface area contributed by atoms with Crippen molar-refractivity contribution in [1.82, 2.24) is 4.90 Å². The van der Waals surface area contributed by atoms with Gasteiger partial charge in [-0.1, -0.05) is 18.2 Å². The van der Waals surface area contributed by atoms with E-state index in [-0.39, 0.29) is 23.8 Å². The van der Waals surface area contributed by atoms with Crippen LogP contribution in [0.1, 0.15) is 15.9 Å². The molecule has 0 aromatic heterocycles. The maximum Gasteiger partial charge on any atom is 0.342 e. The molecule has 1 heterocycles. The topological polar surface area (TPSA) is 79.3 Å². The number of hydrogen-bond donors (Lipinski definition) is 1. The number of amides is 1. The lowest BCUT2D eigenvalue weighted by molar-refractivity contribution is -0.134. The minimum atomic E-state index is -0.710. The van der Waals surface area contributed by atoms with E-state index in [9.17, 15) is 14.7 Å². The van der Waals surface area contributed by atoms with E-state index in [2.05, 4.69) is 4.90 Å². The Labute approximate surface area is 164 Å². The standard InChI is InChI=1S/C21H24N2O5/c1-15-7-8-16(18(24)13-15)21(26)28-14-20(25)23-11-9-22(10-12-23)17-5-3-4-6-19(17)27-2/h3-8,13,24H,9-12,14H2,1-2H3. The van der Waals surface area contributed by atoms with Crippen LogP contribution in [-0.4, -0.2) is 61.8 Å². The highest BCUT2D eigenvalue weighted by Gasteiger charge is 2.24. The van der Waals surface area contributed by atoms with Crippen molar-refractivity contribution in [2.75, 3.05) is 44.8 Å². The minimum absolute atomic E-state index is 0.0550. The molecule has 1 aliphatic rings. The number of benzene rings is 2. The molecule has 0 radical (unpaired) electrons. The molecular formula is C21H24N2O5. The average molecular weight is 384 g/mol. The summed E-state index contributed by atoms with van der Waals surface area (Å²) in [5.41, 5.74) is 1.89. The second-order valence-corrected chi connectivity index (χ2v) is 6.64. The van der Waals surface area contributed by atoms with Crippen molar-refractivity contribution in [3.05, 3.63) is 53.6 Å². The van der Waals surface area contributed by atoms with Crippen molar-refractivity contribution in [1.29, 1.82) is 0 Å². The highest BCUT2D eigenvalue weighted by molar-refractivity contribution is 5.94. The summed E-state index contributed by atoms with van der Waals surface area (Å²) in [5, 5.41) is 9.84. The second-order valence-electron chi connectivity index (χ2n) is 6.64. The molecule has 148 valence electrons. The Kier molecular flexibility index (Phi) is 6.03. The summed E-state index contributed by atoms with van der Waals surface area (Å²) in [5.74, 6) is -0.310. The van der Waals surface area contributed by atoms with Crippen LogP contribution >= 0.6 is 0 Å². The molecule has 7 nitrogen and oxygen atoms in total. The summed E-state index contributed by atoms with van der Waals surface area (Å²) in [6, 6.07) is 12.4. The maximum atomic E-state index is 12.4. The first-order valence-corrected chi connectivity index (χ1v) is 9.12. The predicted molar refractivity (Wildman–Crippen MR) is 105 cm³/mol. The molecule has 3 rings (SSSR count). The number of ether oxygens (including phenoxy) is 2. The van der Waals surface area contributed by atoms with Crippen LogP contribution in [0.2, 0.25) is 0 Å². The number of carbonyl (C=O) groups is 2. The van der Waals surface area contributed by atoms with Gasteiger partial charge < -0.3 is 24.4 Å². The molecule has 0 unspecified atom stereocenters. The van der Waals surface area contributed by atoms with Crippen molar-refractivity contribution < 1.29 is 24.2 Å².